The Morgan fingerprint density at radius 2 is 1.81 bits per heavy atom. The molecule has 0 aliphatic heterocycles. The van der Waals surface area contributed by atoms with E-state index in [4.69, 9.17) is 9.47 Å². The van der Waals surface area contributed by atoms with E-state index >= 15 is 0 Å². The van der Waals surface area contributed by atoms with Gasteiger partial charge in [-0.25, -0.2) is 4.79 Å². The molecule has 1 aromatic carbocycles. The van der Waals surface area contributed by atoms with Gasteiger partial charge in [0.1, 0.15) is 5.75 Å². The highest BCUT2D eigenvalue weighted by Gasteiger charge is 2.51. The van der Waals surface area contributed by atoms with Gasteiger partial charge < -0.3 is 20.1 Å². The number of urea groups is 1. The summed E-state index contributed by atoms with van der Waals surface area (Å²) in [6, 6.07) is 7.73. The van der Waals surface area contributed by atoms with Crippen LogP contribution in [-0.4, -0.2) is 32.3 Å². The van der Waals surface area contributed by atoms with Gasteiger partial charge >= 0.3 is 6.03 Å². The summed E-state index contributed by atoms with van der Waals surface area (Å²) in [4.78, 5) is 12.6. The first kappa shape index (κ1) is 17.7. The summed E-state index contributed by atoms with van der Waals surface area (Å²) in [5.74, 6) is 3.27. The number of rotatable bonds is 6. The summed E-state index contributed by atoms with van der Waals surface area (Å²) >= 11 is 0. The van der Waals surface area contributed by atoms with Gasteiger partial charge in [0, 0.05) is 19.2 Å². The summed E-state index contributed by atoms with van der Waals surface area (Å²) in [7, 11) is 3.32. The van der Waals surface area contributed by atoms with Crippen LogP contribution in [0, 0.1) is 17.8 Å². The van der Waals surface area contributed by atoms with Crippen LogP contribution in [0.15, 0.2) is 24.3 Å². The van der Waals surface area contributed by atoms with E-state index in [-0.39, 0.29) is 17.7 Å². The summed E-state index contributed by atoms with van der Waals surface area (Å²) in [6.07, 6.45) is 7.44. The van der Waals surface area contributed by atoms with Crippen molar-refractivity contribution in [2.75, 3.05) is 20.8 Å². The van der Waals surface area contributed by atoms with E-state index in [2.05, 4.69) is 10.6 Å². The predicted octanol–water partition coefficient (Wildman–Crippen LogP) is 3.65. The second-order valence-corrected chi connectivity index (χ2v) is 8.53. The molecule has 0 spiro atoms. The fraction of sp³-hybridized carbons (Fsp3) is 0.667. The number of carbonyl (C=O) groups is 1. The SMILES string of the molecule is COc1cccc(C(CNC(=O)NC23CC4CC(CC(C4)C2)C3)OC)c1. The van der Waals surface area contributed by atoms with Crippen molar-refractivity contribution in [3.8, 4) is 5.75 Å². The number of hydrogen-bond acceptors (Lipinski definition) is 3. The van der Waals surface area contributed by atoms with Crippen molar-refractivity contribution in [2.45, 2.75) is 50.2 Å². The van der Waals surface area contributed by atoms with Gasteiger partial charge in [-0.15, -0.1) is 0 Å². The Morgan fingerprint density at radius 3 is 2.38 bits per heavy atom. The van der Waals surface area contributed by atoms with Crippen molar-refractivity contribution in [3.63, 3.8) is 0 Å². The molecule has 0 radical (unpaired) electrons. The van der Waals surface area contributed by atoms with E-state index < -0.39 is 0 Å². The average molecular weight is 358 g/mol. The number of ether oxygens (including phenoxy) is 2. The lowest BCUT2D eigenvalue weighted by molar-refractivity contribution is -0.0137. The van der Waals surface area contributed by atoms with Gasteiger partial charge in [-0.05, 0) is 74.0 Å². The van der Waals surface area contributed by atoms with Crippen LogP contribution in [0.2, 0.25) is 0 Å². The molecule has 2 N–H and O–H groups in total. The van der Waals surface area contributed by atoms with Gasteiger partial charge in [0.15, 0.2) is 0 Å². The van der Waals surface area contributed by atoms with E-state index in [1.54, 1.807) is 14.2 Å². The van der Waals surface area contributed by atoms with Crippen molar-refractivity contribution in [1.29, 1.82) is 0 Å². The maximum atomic E-state index is 12.6. The smallest absolute Gasteiger partial charge is 0.315 e. The number of hydrogen-bond donors (Lipinski definition) is 2. The molecule has 0 heterocycles. The molecule has 4 aliphatic carbocycles. The van der Waals surface area contributed by atoms with E-state index in [1.165, 1.54) is 19.3 Å². The third-order valence-corrected chi connectivity index (χ3v) is 6.62. The molecule has 0 aromatic heterocycles. The molecule has 4 aliphatic rings. The molecule has 5 heteroatoms. The van der Waals surface area contributed by atoms with Gasteiger partial charge in [0.25, 0.3) is 0 Å². The van der Waals surface area contributed by atoms with E-state index in [9.17, 15) is 4.79 Å². The van der Waals surface area contributed by atoms with E-state index in [1.807, 2.05) is 24.3 Å². The van der Waals surface area contributed by atoms with Crippen LogP contribution in [0.5, 0.6) is 5.75 Å². The normalized spacial score (nSPS) is 32.9. The van der Waals surface area contributed by atoms with E-state index in [0.29, 0.717) is 6.54 Å². The van der Waals surface area contributed by atoms with Gasteiger partial charge in [-0.2, -0.15) is 0 Å². The lowest BCUT2D eigenvalue weighted by Gasteiger charge is -2.56. The predicted molar refractivity (Wildman–Crippen MR) is 100 cm³/mol. The van der Waals surface area contributed by atoms with Crippen LogP contribution in [0.25, 0.3) is 0 Å². The number of carbonyl (C=O) groups excluding carboxylic acids is 1. The van der Waals surface area contributed by atoms with Crippen molar-refractivity contribution < 1.29 is 14.3 Å². The molecule has 0 saturated heterocycles. The minimum Gasteiger partial charge on any atom is -0.497 e. The second kappa shape index (κ2) is 7.10. The highest BCUT2D eigenvalue weighted by molar-refractivity contribution is 5.75. The van der Waals surface area contributed by atoms with Crippen LogP contribution < -0.4 is 15.4 Å². The largest absolute Gasteiger partial charge is 0.497 e. The Bertz CT molecular complexity index is 625. The topological polar surface area (TPSA) is 59.6 Å². The van der Waals surface area contributed by atoms with Crippen molar-refractivity contribution >= 4 is 6.03 Å². The molecule has 2 amide bonds. The summed E-state index contributed by atoms with van der Waals surface area (Å²) < 4.78 is 10.9. The summed E-state index contributed by atoms with van der Waals surface area (Å²) in [5, 5.41) is 6.38. The Labute approximate surface area is 155 Å². The summed E-state index contributed by atoms with van der Waals surface area (Å²) in [6.45, 7) is 0.446. The third-order valence-electron chi connectivity index (χ3n) is 6.62. The molecule has 1 unspecified atom stereocenters. The highest BCUT2D eigenvalue weighted by Crippen LogP contribution is 2.55. The van der Waals surface area contributed by atoms with Gasteiger partial charge in [-0.1, -0.05) is 12.1 Å². The zero-order valence-electron chi connectivity index (χ0n) is 15.8. The first-order valence-corrected chi connectivity index (χ1v) is 9.82. The van der Waals surface area contributed by atoms with Gasteiger partial charge in [0.05, 0.1) is 13.2 Å². The lowest BCUT2D eigenvalue weighted by Crippen LogP contribution is -2.61. The molecule has 4 bridgehead atoms. The Balaban J connectivity index is 1.34. The fourth-order valence-electron chi connectivity index (χ4n) is 5.91. The molecule has 5 nitrogen and oxygen atoms in total. The van der Waals surface area contributed by atoms with Crippen molar-refractivity contribution in [1.82, 2.24) is 10.6 Å². The average Bonchev–Trinajstić information content (AvgIpc) is 2.61. The quantitative estimate of drug-likeness (QED) is 0.816. The lowest BCUT2D eigenvalue weighted by atomic mass is 9.53. The van der Waals surface area contributed by atoms with Crippen LogP contribution in [0.1, 0.15) is 50.2 Å². The Morgan fingerprint density at radius 1 is 1.15 bits per heavy atom. The van der Waals surface area contributed by atoms with E-state index in [0.717, 1.165) is 48.3 Å². The monoisotopic (exact) mass is 358 g/mol. The second-order valence-electron chi connectivity index (χ2n) is 8.53. The Kier molecular flexibility index (Phi) is 4.82. The zero-order valence-corrected chi connectivity index (χ0v) is 15.8. The van der Waals surface area contributed by atoms with Crippen LogP contribution in [-0.2, 0) is 4.74 Å². The van der Waals surface area contributed by atoms with Gasteiger partial charge in [0.2, 0.25) is 0 Å². The molecule has 4 saturated carbocycles. The fourth-order valence-corrected chi connectivity index (χ4v) is 5.91. The maximum absolute atomic E-state index is 12.6. The van der Waals surface area contributed by atoms with Gasteiger partial charge in [-0.3, -0.25) is 0 Å². The summed E-state index contributed by atoms with van der Waals surface area (Å²) in [5.41, 5.74) is 1.04. The molecule has 142 valence electrons. The zero-order chi connectivity index (χ0) is 18.1. The van der Waals surface area contributed by atoms with Crippen LogP contribution >= 0.6 is 0 Å². The van der Waals surface area contributed by atoms with Crippen molar-refractivity contribution in [3.05, 3.63) is 29.8 Å². The third kappa shape index (κ3) is 3.54. The number of methoxy groups -OCH3 is 2. The highest BCUT2D eigenvalue weighted by atomic mass is 16.5. The molecular formula is C21H30N2O3. The maximum Gasteiger partial charge on any atom is 0.315 e. The number of nitrogens with one attached hydrogen (secondary N) is 2. The number of benzene rings is 1. The Hall–Kier alpha value is -1.75. The van der Waals surface area contributed by atoms with Crippen molar-refractivity contribution in [2.24, 2.45) is 17.8 Å². The van der Waals surface area contributed by atoms with Crippen LogP contribution in [0.4, 0.5) is 4.79 Å². The minimum atomic E-state index is -0.188. The minimum absolute atomic E-state index is 0.0391. The molecule has 5 rings (SSSR count). The first-order valence-electron chi connectivity index (χ1n) is 9.82. The number of amides is 2. The molecule has 1 aromatic rings. The molecule has 1 atom stereocenters. The molecule has 26 heavy (non-hydrogen) atoms. The standard InChI is InChI=1S/C21H30N2O3/c1-25-18-5-3-4-17(9-18)19(26-2)13-22-20(24)23-21-10-14-6-15(11-21)8-16(7-14)12-21/h3-5,9,14-16,19H,6-8,10-13H2,1-2H3,(H2,22,23,24). The molecule has 4 fully saturated rings. The molecular weight excluding hydrogens is 328 g/mol. The first-order chi connectivity index (χ1) is 12.6. The van der Waals surface area contributed by atoms with Crippen LogP contribution in [0.3, 0.4) is 0 Å².